The maximum absolute atomic E-state index is 5.56. The van der Waals surface area contributed by atoms with E-state index in [1.165, 1.54) is 17.3 Å². The van der Waals surface area contributed by atoms with E-state index in [4.69, 9.17) is 14.0 Å². The number of hydrogen-bond acceptors (Lipinski definition) is 8. The fourth-order valence-corrected chi connectivity index (χ4v) is 4.60. The van der Waals surface area contributed by atoms with E-state index in [1.807, 2.05) is 79.7 Å². The molecule has 6 rings (SSSR count). The average molecular weight is 484 g/mol. The van der Waals surface area contributed by atoms with Gasteiger partial charge in [-0.05, 0) is 24.6 Å². The lowest BCUT2D eigenvalue weighted by Crippen LogP contribution is -2.04. The predicted molar refractivity (Wildman–Crippen MR) is 131 cm³/mol. The summed E-state index contributed by atoms with van der Waals surface area (Å²) in [5, 5.41) is 13.9. The van der Waals surface area contributed by atoms with Crippen LogP contribution in [0.25, 0.3) is 22.8 Å². The predicted octanol–water partition coefficient (Wildman–Crippen LogP) is 5.37. The van der Waals surface area contributed by atoms with Gasteiger partial charge in [0, 0.05) is 11.1 Å². The van der Waals surface area contributed by atoms with Crippen LogP contribution in [-0.2, 0) is 12.3 Å². The van der Waals surface area contributed by atoms with Crippen molar-refractivity contribution in [2.24, 2.45) is 0 Å². The van der Waals surface area contributed by atoms with Crippen molar-refractivity contribution >= 4 is 11.8 Å². The normalized spacial score (nSPS) is 12.3. The fraction of sp³-hybridized carbons (Fsp3) is 0.154. The lowest BCUT2D eigenvalue weighted by molar-refractivity contribution is 0.174. The molecular weight excluding hydrogens is 462 g/mol. The summed E-state index contributed by atoms with van der Waals surface area (Å²) in [6, 6.07) is 24.0. The third-order valence-electron chi connectivity index (χ3n) is 5.63. The molecule has 5 aromatic rings. The zero-order chi connectivity index (χ0) is 23.6. The summed E-state index contributed by atoms with van der Waals surface area (Å²) in [7, 11) is 0. The molecule has 35 heavy (non-hydrogen) atoms. The van der Waals surface area contributed by atoms with Crippen molar-refractivity contribution in [3.63, 3.8) is 0 Å². The quantitative estimate of drug-likeness (QED) is 0.285. The molecule has 0 bridgehead atoms. The van der Waals surface area contributed by atoms with Gasteiger partial charge in [-0.2, -0.15) is 4.98 Å². The number of thioether (sulfide) groups is 1. The highest BCUT2D eigenvalue weighted by Crippen LogP contribution is 2.34. The van der Waals surface area contributed by atoms with Gasteiger partial charge in [-0.1, -0.05) is 83.1 Å². The lowest BCUT2D eigenvalue weighted by Gasteiger charge is -2.10. The van der Waals surface area contributed by atoms with Crippen LogP contribution in [0.5, 0.6) is 11.5 Å². The number of ether oxygens (including phenoxy) is 2. The smallest absolute Gasteiger partial charge is 0.237 e. The summed E-state index contributed by atoms with van der Waals surface area (Å²) in [5.74, 6) is 3.89. The molecule has 0 radical (unpaired) electrons. The third kappa shape index (κ3) is 4.50. The van der Waals surface area contributed by atoms with Crippen molar-refractivity contribution in [3.05, 3.63) is 89.8 Å². The Hall–Kier alpha value is -4.11. The molecule has 0 spiro atoms. The highest BCUT2D eigenvalue weighted by molar-refractivity contribution is 7.98. The van der Waals surface area contributed by atoms with Crippen molar-refractivity contribution in [2.45, 2.75) is 24.4 Å². The van der Waals surface area contributed by atoms with E-state index >= 15 is 0 Å². The Morgan fingerprint density at radius 2 is 1.71 bits per heavy atom. The molecular formula is C26H21N5O3S. The molecule has 0 saturated carbocycles. The number of rotatable bonds is 7. The first kappa shape index (κ1) is 21.4. The molecule has 0 unspecified atom stereocenters. The molecule has 0 amide bonds. The molecule has 0 atom stereocenters. The van der Waals surface area contributed by atoms with E-state index in [9.17, 15) is 0 Å². The Kier molecular flexibility index (Phi) is 5.67. The molecule has 0 aliphatic carbocycles. The van der Waals surface area contributed by atoms with Crippen LogP contribution in [0.2, 0.25) is 0 Å². The first-order chi connectivity index (χ1) is 17.2. The van der Waals surface area contributed by atoms with Gasteiger partial charge in [0.25, 0.3) is 0 Å². The van der Waals surface area contributed by atoms with Gasteiger partial charge < -0.3 is 14.0 Å². The van der Waals surface area contributed by atoms with Gasteiger partial charge >= 0.3 is 0 Å². The molecule has 8 nitrogen and oxygen atoms in total. The van der Waals surface area contributed by atoms with Gasteiger partial charge in [0.1, 0.15) is 0 Å². The topological polar surface area (TPSA) is 88.1 Å². The lowest BCUT2D eigenvalue weighted by atomic mass is 10.1. The highest BCUT2D eigenvalue weighted by Gasteiger charge is 2.19. The molecule has 1 aliphatic heterocycles. The zero-order valence-electron chi connectivity index (χ0n) is 18.9. The molecule has 2 aromatic heterocycles. The summed E-state index contributed by atoms with van der Waals surface area (Å²) in [6.45, 7) is 2.87. The minimum atomic E-state index is 0.247. The number of aryl methyl sites for hydroxylation is 1. The average Bonchev–Trinajstić information content (AvgIpc) is 3.64. The first-order valence-electron chi connectivity index (χ1n) is 11.1. The Morgan fingerprint density at radius 1 is 0.886 bits per heavy atom. The van der Waals surface area contributed by atoms with Crippen molar-refractivity contribution in [1.82, 2.24) is 24.9 Å². The fourth-order valence-electron chi connectivity index (χ4n) is 3.82. The standard InChI is InChI=1S/C26H21N5O3S/c1-17-7-10-19(11-8-17)24-27-23(34-30-24)15-35-26-29-28-25(20-5-3-2-4-6-20)31(26)14-18-9-12-21-22(13-18)33-16-32-21/h2-13H,14-16H2,1H3. The molecule has 3 aromatic carbocycles. The van der Waals surface area contributed by atoms with Crippen LogP contribution in [-0.4, -0.2) is 31.7 Å². The number of nitrogens with zero attached hydrogens (tertiary/aromatic N) is 5. The van der Waals surface area contributed by atoms with E-state index in [2.05, 4.69) is 24.9 Å². The van der Waals surface area contributed by atoms with Gasteiger partial charge in [-0.15, -0.1) is 10.2 Å². The second-order valence-electron chi connectivity index (χ2n) is 8.11. The Balaban J connectivity index is 1.26. The third-order valence-corrected chi connectivity index (χ3v) is 6.58. The van der Waals surface area contributed by atoms with Crippen molar-refractivity contribution < 1.29 is 14.0 Å². The zero-order valence-corrected chi connectivity index (χ0v) is 19.7. The minimum absolute atomic E-state index is 0.247. The van der Waals surface area contributed by atoms with E-state index in [-0.39, 0.29) is 6.79 Å². The first-order valence-corrected chi connectivity index (χ1v) is 12.1. The van der Waals surface area contributed by atoms with Gasteiger partial charge in [0.05, 0.1) is 12.3 Å². The molecule has 0 saturated heterocycles. The van der Waals surface area contributed by atoms with Crippen LogP contribution in [0, 0.1) is 6.92 Å². The Bertz CT molecular complexity index is 1460. The SMILES string of the molecule is Cc1ccc(-c2noc(CSc3nnc(-c4ccccc4)n3Cc3ccc4c(c3)OCO4)n2)cc1. The number of hydrogen-bond donors (Lipinski definition) is 0. The second-order valence-corrected chi connectivity index (χ2v) is 9.05. The van der Waals surface area contributed by atoms with Crippen LogP contribution in [0.4, 0.5) is 0 Å². The largest absolute Gasteiger partial charge is 0.454 e. The van der Waals surface area contributed by atoms with Crippen LogP contribution < -0.4 is 9.47 Å². The molecule has 9 heteroatoms. The molecule has 3 heterocycles. The van der Waals surface area contributed by atoms with Gasteiger partial charge in [0.2, 0.25) is 18.5 Å². The number of fused-ring (bicyclic) bond motifs is 1. The molecule has 0 fully saturated rings. The van der Waals surface area contributed by atoms with Crippen LogP contribution in [0.1, 0.15) is 17.0 Å². The van der Waals surface area contributed by atoms with Crippen LogP contribution >= 0.6 is 11.8 Å². The van der Waals surface area contributed by atoms with Crippen molar-refractivity contribution in [2.75, 3.05) is 6.79 Å². The Morgan fingerprint density at radius 3 is 2.57 bits per heavy atom. The second kappa shape index (κ2) is 9.27. The summed E-state index contributed by atoms with van der Waals surface area (Å²) >= 11 is 1.51. The summed E-state index contributed by atoms with van der Waals surface area (Å²) < 4.78 is 18.6. The summed E-state index contributed by atoms with van der Waals surface area (Å²) in [4.78, 5) is 4.56. The number of aromatic nitrogens is 5. The Labute approximate surface area is 205 Å². The van der Waals surface area contributed by atoms with Crippen molar-refractivity contribution in [3.8, 4) is 34.3 Å². The highest BCUT2D eigenvalue weighted by atomic mass is 32.2. The summed E-state index contributed by atoms with van der Waals surface area (Å²) in [5.41, 5.74) is 4.16. The van der Waals surface area contributed by atoms with Gasteiger partial charge in [0.15, 0.2) is 22.5 Å². The minimum Gasteiger partial charge on any atom is -0.454 e. The molecule has 0 N–H and O–H groups in total. The van der Waals surface area contributed by atoms with Gasteiger partial charge in [-0.3, -0.25) is 4.57 Å². The van der Waals surface area contributed by atoms with Crippen molar-refractivity contribution in [1.29, 1.82) is 0 Å². The maximum atomic E-state index is 5.56. The van der Waals surface area contributed by atoms with E-state index in [1.54, 1.807) is 0 Å². The van der Waals surface area contributed by atoms with E-state index in [0.29, 0.717) is 24.0 Å². The van der Waals surface area contributed by atoms with Crippen LogP contribution in [0.3, 0.4) is 0 Å². The summed E-state index contributed by atoms with van der Waals surface area (Å²) in [6.07, 6.45) is 0. The molecule has 1 aliphatic rings. The van der Waals surface area contributed by atoms with Crippen LogP contribution in [0.15, 0.2) is 82.5 Å². The van der Waals surface area contributed by atoms with E-state index < -0.39 is 0 Å². The van der Waals surface area contributed by atoms with Gasteiger partial charge in [-0.25, -0.2) is 0 Å². The maximum Gasteiger partial charge on any atom is 0.237 e. The number of benzene rings is 3. The molecule has 174 valence electrons. The van der Waals surface area contributed by atoms with E-state index in [0.717, 1.165) is 39.2 Å². The monoisotopic (exact) mass is 483 g/mol.